The van der Waals surface area contributed by atoms with Crippen LogP contribution >= 0.6 is 0 Å². The smallest absolute Gasteiger partial charge is 0.234 e. The van der Waals surface area contributed by atoms with Gasteiger partial charge in [0.05, 0.1) is 26.4 Å². The summed E-state index contributed by atoms with van der Waals surface area (Å²) in [7, 11) is 1.65. The Kier molecular flexibility index (Phi) is 7.97. The van der Waals surface area contributed by atoms with Gasteiger partial charge in [0.1, 0.15) is 0 Å². The summed E-state index contributed by atoms with van der Waals surface area (Å²) in [6, 6.07) is 0.460. The van der Waals surface area contributed by atoms with Gasteiger partial charge >= 0.3 is 0 Å². The van der Waals surface area contributed by atoms with Crippen molar-refractivity contribution in [2.45, 2.75) is 25.9 Å². The van der Waals surface area contributed by atoms with Gasteiger partial charge in [0.25, 0.3) is 0 Å². The van der Waals surface area contributed by atoms with E-state index in [1.807, 2.05) is 6.92 Å². The highest BCUT2D eigenvalue weighted by molar-refractivity contribution is 5.78. The number of nitrogens with one attached hydrogen (secondary N) is 2. The first kappa shape index (κ1) is 16.4. The van der Waals surface area contributed by atoms with Gasteiger partial charge < -0.3 is 20.1 Å². The van der Waals surface area contributed by atoms with E-state index < -0.39 is 0 Å². The number of methoxy groups -OCH3 is 1. The van der Waals surface area contributed by atoms with E-state index in [0.29, 0.717) is 25.7 Å². The quantitative estimate of drug-likeness (QED) is 0.581. The maximum absolute atomic E-state index is 11.7. The van der Waals surface area contributed by atoms with Crippen LogP contribution < -0.4 is 10.6 Å². The molecule has 19 heavy (non-hydrogen) atoms. The SMILES string of the molecule is COCCNCC(=O)NC(C)C(C)N1CCOCC1. The molecule has 0 aromatic carbocycles. The van der Waals surface area contributed by atoms with E-state index in [0.717, 1.165) is 26.3 Å². The Morgan fingerprint density at radius 3 is 2.68 bits per heavy atom. The molecule has 1 aliphatic rings. The van der Waals surface area contributed by atoms with E-state index in [-0.39, 0.29) is 11.9 Å². The lowest BCUT2D eigenvalue weighted by Crippen LogP contribution is -2.53. The van der Waals surface area contributed by atoms with Crippen molar-refractivity contribution in [3.05, 3.63) is 0 Å². The van der Waals surface area contributed by atoms with Gasteiger partial charge in [-0.15, -0.1) is 0 Å². The van der Waals surface area contributed by atoms with Crippen LogP contribution in [0.2, 0.25) is 0 Å². The molecule has 1 rings (SSSR count). The Bertz CT molecular complexity index is 258. The second kappa shape index (κ2) is 9.25. The minimum absolute atomic E-state index is 0.0312. The molecule has 1 amide bonds. The lowest BCUT2D eigenvalue weighted by atomic mass is 10.1. The average molecular weight is 273 g/mol. The molecule has 1 heterocycles. The fraction of sp³-hybridized carbons (Fsp3) is 0.923. The number of nitrogens with zero attached hydrogens (tertiary/aromatic N) is 1. The fourth-order valence-electron chi connectivity index (χ4n) is 2.10. The maximum atomic E-state index is 11.7. The van der Waals surface area contributed by atoms with Gasteiger partial charge in [0.2, 0.25) is 5.91 Å². The lowest BCUT2D eigenvalue weighted by Gasteiger charge is -2.35. The zero-order valence-electron chi connectivity index (χ0n) is 12.3. The Hall–Kier alpha value is -0.690. The summed E-state index contributed by atoms with van der Waals surface area (Å²) in [5, 5.41) is 6.07. The van der Waals surface area contributed by atoms with Gasteiger partial charge in [-0.3, -0.25) is 9.69 Å². The standard InChI is InChI=1S/C13H27N3O3/c1-11(12(2)16-5-8-19-9-6-16)15-13(17)10-14-4-7-18-3/h11-12,14H,4-10H2,1-3H3,(H,15,17). The molecule has 2 atom stereocenters. The monoisotopic (exact) mass is 273 g/mol. The summed E-state index contributed by atoms with van der Waals surface area (Å²) in [6.07, 6.45) is 0. The van der Waals surface area contributed by atoms with E-state index in [1.54, 1.807) is 7.11 Å². The van der Waals surface area contributed by atoms with E-state index in [1.165, 1.54) is 0 Å². The second-order valence-electron chi connectivity index (χ2n) is 4.91. The Balaban J connectivity index is 2.20. The Morgan fingerprint density at radius 2 is 2.05 bits per heavy atom. The molecule has 2 unspecified atom stereocenters. The minimum Gasteiger partial charge on any atom is -0.383 e. The first-order valence-corrected chi connectivity index (χ1v) is 6.96. The number of ether oxygens (including phenoxy) is 2. The van der Waals surface area contributed by atoms with E-state index in [2.05, 4.69) is 22.5 Å². The summed E-state index contributed by atoms with van der Waals surface area (Å²) >= 11 is 0. The summed E-state index contributed by atoms with van der Waals surface area (Å²) in [5.74, 6) is 0.0312. The molecular formula is C13H27N3O3. The molecule has 0 spiro atoms. The summed E-state index contributed by atoms with van der Waals surface area (Å²) in [4.78, 5) is 14.1. The topological polar surface area (TPSA) is 62.8 Å². The molecule has 0 radical (unpaired) electrons. The number of carbonyl (C=O) groups excluding carboxylic acids is 1. The van der Waals surface area contributed by atoms with Gasteiger partial charge in [0.15, 0.2) is 0 Å². The normalized spacial score (nSPS) is 19.9. The van der Waals surface area contributed by atoms with Crippen molar-refractivity contribution in [1.82, 2.24) is 15.5 Å². The van der Waals surface area contributed by atoms with Crippen molar-refractivity contribution in [3.63, 3.8) is 0 Å². The molecule has 0 saturated carbocycles. The van der Waals surface area contributed by atoms with Gasteiger partial charge in [-0.25, -0.2) is 0 Å². The Morgan fingerprint density at radius 1 is 1.37 bits per heavy atom. The number of hydrogen-bond acceptors (Lipinski definition) is 5. The Labute approximate surface area is 115 Å². The lowest BCUT2D eigenvalue weighted by molar-refractivity contribution is -0.121. The van der Waals surface area contributed by atoms with Crippen LogP contribution in [0.15, 0.2) is 0 Å². The molecule has 1 aliphatic heterocycles. The molecule has 1 saturated heterocycles. The van der Waals surface area contributed by atoms with Crippen molar-refractivity contribution in [2.75, 3.05) is 53.1 Å². The van der Waals surface area contributed by atoms with Crippen molar-refractivity contribution in [1.29, 1.82) is 0 Å². The molecule has 0 aliphatic carbocycles. The van der Waals surface area contributed by atoms with Crippen molar-refractivity contribution in [2.24, 2.45) is 0 Å². The van der Waals surface area contributed by atoms with Gasteiger partial charge in [-0.1, -0.05) is 0 Å². The zero-order chi connectivity index (χ0) is 14.1. The third kappa shape index (κ3) is 6.33. The average Bonchev–Trinajstić information content (AvgIpc) is 2.43. The third-order valence-electron chi connectivity index (χ3n) is 3.50. The van der Waals surface area contributed by atoms with Crippen LogP contribution in [0.1, 0.15) is 13.8 Å². The molecule has 112 valence electrons. The van der Waals surface area contributed by atoms with Gasteiger partial charge in [-0.2, -0.15) is 0 Å². The molecule has 6 nitrogen and oxygen atoms in total. The van der Waals surface area contributed by atoms with Crippen LogP contribution in [0.25, 0.3) is 0 Å². The van der Waals surface area contributed by atoms with E-state index >= 15 is 0 Å². The van der Waals surface area contributed by atoms with Crippen LogP contribution in [0.4, 0.5) is 0 Å². The van der Waals surface area contributed by atoms with Crippen molar-refractivity contribution < 1.29 is 14.3 Å². The summed E-state index contributed by atoms with van der Waals surface area (Å²) in [5.41, 5.74) is 0. The molecular weight excluding hydrogens is 246 g/mol. The zero-order valence-corrected chi connectivity index (χ0v) is 12.3. The maximum Gasteiger partial charge on any atom is 0.234 e. The van der Waals surface area contributed by atoms with Crippen molar-refractivity contribution in [3.8, 4) is 0 Å². The highest BCUT2D eigenvalue weighted by Crippen LogP contribution is 2.07. The minimum atomic E-state index is 0.0312. The highest BCUT2D eigenvalue weighted by atomic mass is 16.5. The van der Waals surface area contributed by atoms with Crippen LogP contribution in [-0.4, -0.2) is 76.0 Å². The van der Waals surface area contributed by atoms with Gasteiger partial charge in [-0.05, 0) is 13.8 Å². The fourth-order valence-corrected chi connectivity index (χ4v) is 2.10. The molecule has 1 fully saturated rings. The first-order chi connectivity index (χ1) is 9.15. The molecule has 0 aromatic heterocycles. The van der Waals surface area contributed by atoms with Crippen molar-refractivity contribution >= 4 is 5.91 Å². The number of hydrogen-bond donors (Lipinski definition) is 2. The largest absolute Gasteiger partial charge is 0.383 e. The van der Waals surface area contributed by atoms with Crippen LogP contribution in [0.5, 0.6) is 0 Å². The highest BCUT2D eigenvalue weighted by Gasteiger charge is 2.22. The summed E-state index contributed by atoms with van der Waals surface area (Å²) in [6.45, 7) is 9.28. The first-order valence-electron chi connectivity index (χ1n) is 6.96. The number of morpholine rings is 1. The predicted octanol–water partition coefficient (Wildman–Crippen LogP) is -0.552. The van der Waals surface area contributed by atoms with E-state index in [9.17, 15) is 4.79 Å². The number of amides is 1. The van der Waals surface area contributed by atoms with Crippen LogP contribution in [-0.2, 0) is 14.3 Å². The van der Waals surface area contributed by atoms with Gasteiger partial charge in [0, 0.05) is 38.8 Å². The van der Waals surface area contributed by atoms with Crippen LogP contribution in [0, 0.1) is 0 Å². The molecule has 0 aromatic rings. The molecule has 0 bridgehead atoms. The number of carbonyl (C=O) groups is 1. The molecule has 2 N–H and O–H groups in total. The predicted molar refractivity (Wildman–Crippen MR) is 74.2 cm³/mol. The third-order valence-corrected chi connectivity index (χ3v) is 3.50. The van der Waals surface area contributed by atoms with E-state index in [4.69, 9.17) is 9.47 Å². The van der Waals surface area contributed by atoms with Crippen LogP contribution in [0.3, 0.4) is 0 Å². The molecule has 6 heteroatoms. The second-order valence-corrected chi connectivity index (χ2v) is 4.91. The number of rotatable bonds is 8. The summed E-state index contributed by atoms with van der Waals surface area (Å²) < 4.78 is 10.2.